The van der Waals surface area contributed by atoms with Crippen molar-refractivity contribution in [2.75, 3.05) is 0 Å². The van der Waals surface area contributed by atoms with Crippen molar-refractivity contribution >= 4 is 109 Å². The van der Waals surface area contributed by atoms with Gasteiger partial charge >= 0.3 is 0 Å². The lowest BCUT2D eigenvalue weighted by molar-refractivity contribution is 0.669. The van der Waals surface area contributed by atoms with Crippen LogP contribution in [0.2, 0.25) is 0 Å². The van der Waals surface area contributed by atoms with E-state index in [1.54, 1.807) is 0 Å². The van der Waals surface area contributed by atoms with Crippen LogP contribution >= 0.6 is 0 Å². The summed E-state index contributed by atoms with van der Waals surface area (Å²) < 4.78 is 13.3. The lowest BCUT2D eigenvalue weighted by Crippen LogP contribution is -1.91. The Morgan fingerprint density at radius 2 is 0.535 bits per heavy atom. The Morgan fingerprint density at radius 3 is 1.14 bits per heavy atom. The molecule has 0 aliphatic heterocycles. The molecule has 0 spiro atoms. The van der Waals surface area contributed by atoms with E-state index in [-0.39, 0.29) is 0 Å². The summed E-state index contributed by atoms with van der Waals surface area (Å²) in [6.45, 7) is 0. The minimum atomic E-state index is 0.868. The SMILES string of the molecule is c1cc(-c2ccc3ccccc3c2)cc(-c2c3ccccc3c(-c3ccc4oc5c(-c6cccc7c(-c8ccc(-c9c%10ccccc%10c(-c%10ccc%11oc%12ccccc%12c%11c%10)c%10ccccc9%10)cc8)cccc67)cccc5c4c3)c3ccccc23)c1. The average molecular weight is 1090 g/mol. The molecule has 0 radical (unpaired) electrons. The van der Waals surface area contributed by atoms with Crippen LogP contribution in [0.4, 0.5) is 0 Å². The molecule has 0 saturated heterocycles. The highest BCUT2D eigenvalue weighted by atomic mass is 16.3. The summed E-state index contributed by atoms with van der Waals surface area (Å²) in [4.78, 5) is 0. The molecule has 0 amide bonds. The lowest BCUT2D eigenvalue weighted by Gasteiger charge is -2.18. The van der Waals surface area contributed by atoms with Crippen LogP contribution in [0.25, 0.3) is 186 Å². The van der Waals surface area contributed by atoms with Gasteiger partial charge in [0, 0.05) is 27.1 Å². The highest BCUT2D eigenvalue weighted by Crippen LogP contribution is 2.49. The molecule has 0 saturated carbocycles. The first kappa shape index (κ1) is 48.2. The highest BCUT2D eigenvalue weighted by Gasteiger charge is 2.22. The summed E-state index contributed by atoms with van der Waals surface area (Å²) in [7, 11) is 0. The number of fused-ring (bicyclic) bond motifs is 12. The summed E-state index contributed by atoms with van der Waals surface area (Å²) in [6, 6.07) is 111. The fourth-order valence-corrected chi connectivity index (χ4v) is 14.4. The first-order chi connectivity index (χ1) is 42.6. The number of furan rings is 2. The standard InChI is InChI=1S/C84H50O2/c1-2-18-54-47-56(42-37-51(54)17-1)55-19-13-20-57(48-55)81-69-26-7-9-28-71(69)83(72-29-10-8-27-70(72)81)59-44-46-79-76(50-59)74-35-16-34-73(84(74)86-79)63-33-15-31-61-60(30-14-32-62(61)63)52-38-40-53(41-39-52)80-65-22-3-5-24-67(65)82(68-25-6-4-23-66(68)80)58-43-45-78-75(49-58)64-21-11-12-36-77(64)85-78/h1-50H. The highest BCUT2D eigenvalue weighted by molar-refractivity contribution is 6.24. The lowest BCUT2D eigenvalue weighted by atomic mass is 9.85. The summed E-state index contributed by atoms with van der Waals surface area (Å²) in [5, 5.41) is 19.1. The van der Waals surface area contributed by atoms with Gasteiger partial charge in [-0.3, -0.25) is 0 Å². The van der Waals surface area contributed by atoms with Crippen LogP contribution in [-0.2, 0) is 0 Å². The molecule has 0 aliphatic rings. The fourth-order valence-electron chi connectivity index (χ4n) is 14.4. The van der Waals surface area contributed by atoms with Gasteiger partial charge in [-0.25, -0.2) is 0 Å². The fraction of sp³-hybridized carbons (Fsp3) is 0. The molecule has 0 aliphatic carbocycles. The molecule has 0 fully saturated rings. The van der Waals surface area contributed by atoms with Crippen molar-refractivity contribution in [1.29, 1.82) is 0 Å². The Kier molecular flexibility index (Phi) is 10.7. The number of benzene rings is 16. The van der Waals surface area contributed by atoms with Gasteiger partial charge in [0.25, 0.3) is 0 Å². The van der Waals surface area contributed by atoms with E-state index in [1.165, 1.54) is 126 Å². The monoisotopic (exact) mass is 1090 g/mol. The predicted molar refractivity (Wildman–Crippen MR) is 364 cm³/mol. The van der Waals surface area contributed by atoms with E-state index in [2.05, 4.69) is 291 Å². The average Bonchev–Trinajstić information content (AvgIpc) is 1.17. The van der Waals surface area contributed by atoms with Gasteiger partial charge in [0.15, 0.2) is 0 Å². The van der Waals surface area contributed by atoms with Crippen molar-refractivity contribution in [3.8, 4) is 77.9 Å². The van der Waals surface area contributed by atoms with Gasteiger partial charge in [0.05, 0.1) is 0 Å². The molecule has 0 bridgehead atoms. The van der Waals surface area contributed by atoms with Crippen LogP contribution in [-0.4, -0.2) is 0 Å². The van der Waals surface area contributed by atoms with E-state index in [0.29, 0.717) is 0 Å². The topological polar surface area (TPSA) is 26.3 Å². The Bertz CT molecular complexity index is 5720. The first-order valence-corrected chi connectivity index (χ1v) is 29.6. The van der Waals surface area contributed by atoms with E-state index in [9.17, 15) is 0 Å². The third kappa shape index (κ3) is 7.46. The molecule has 18 rings (SSSR count). The second-order valence-electron chi connectivity index (χ2n) is 22.9. The van der Waals surface area contributed by atoms with Crippen molar-refractivity contribution in [3.63, 3.8) is 0 Å². The van der Waals surface area contributed by atoms with E-state index in [1.807, 2.05) is 12.1 Å². The second-order valence-corrected chi connectivity index (χ2v) is 22.9. The van der Waals surface area contributed by atoms with Gasteiger partial charge in [-0.05, 0) is 179 Å². The smallest absolute Gasteiger partial charge is 0.143 e. The number of hydrogen-bond donors (Lipinski definition) is 0. The summed E-state index contributed by atoms with van der Waals surface area (Å²) >= 11 is 0. The molecule has 2 heteroatoms. The molecule has 2 nitrogen and oxygen atoms in total. The Morgan fingerprint density at radius 1 is 0.163 bits per heavy atom. The van der Waals surface area contributed by atoms with Crippen molar-refractivity contribution in [1.82, 2.24) is 0 Å². The molecule has 86 heavy (non-hydrogen) atoms. The zero-order valence-corrected chi connectivity index (χ0v) is 46.7. The summed E-state index contributed by atoms with van der Waals surface area (Å²) in [6.07, 6.45) is 0. The third-order valence-corrected chi connectivity index (χ3v) is 18.2. The van der Waals surface area contributed by atoms with Gasteiger partial charge in [0.1, 0.15) is 22.3 Å². The molecule has 2 heterocycles. The normalized spacial score (nSPS) is 12.0. The van der Waals surface area contributed by atoms with Crippen LogP contribution in [0.3, 0.4) is 0 Å². The van der Waals surface area contributed by atoms with Crippen LogP contribution in [0.5, 0.6) is 0 Å². The van der Waals surface area contributed by atoms with Crippen LogP contribution in [0.15, 0.2) is 312 Å². The maximum Gasteiger partial charge on any atom is 0.143 e. The van der Waals surface area contributed by atoms with Crippen molar-refractivity contribution < 1.29 is 8.83 Å². The molecular formula is C84H50O2. The predicted octanol–water partition coefficient (Wildman–Crippen LogP) is 24.1. The molecule has 0 N–H and O–H groups in total. The second kappa shape index (κ2) is 19.1. The van der Waals surface area contributed by atoms with Gasteiger partial charge in [-0.1, -0.05) is 261 Å². The summed E-state index contributed by atoms with van der Waals surface area (Å²) in [5.74, 6) is 0. The van der Waals surface area contributed by atoms with E-state index in [0.717, 1.165) is 60.6 Å². The largest absolute Gasteiger partial charge is 0.456 e. The molecule has 0 unspecified atom stereocenters. The first-order valence-electron chi connectivity index (χ1n) is 29.6. The minimum absolute atomic E-state index is 0.868. The molecular weight excluding hydrogens is 1040 g/mol. The molecule has 2 aromatic heterocycles. The number of rotatable bonds is 7. The Balaban J connectivity index is 0.720. The van der Waals surface area contributed by atoms with E-state index < -0.39 is 0 Å². The zero-order chi connectivity index (χ0) is 56.4. The Labute approximate surface area is 495 Å². The quantitative estimate of drug-likeness (QED) is 0.149. The molecule has 18 aromatic rings. The van der Waals surface area contributed by atoms with Crippen LogP contribution in [0.1, 0.15) is 0 Å². The van der Waals surface area contributed by atoms with Gasteiger partial charge in [-0.15, -0.1) is 0 Å². The molecule has 0 atom stereocenters. The molecule has 398 valence electrons. The molecule has 16 aromatic carbocycles. The summed E-state index contributed by atoms with van der Waals surface area (Å²) in [5.41, 5.74) is 20.2. The van der Waals surface area contributed by atoms with Gasteiger partial charge in [0.2, 0.25) is 0 Å². The van der Waals surface area contributed by atoms with Crippen LogP contribution in [0, 0.1) is 0 Å². The van der Waals surface area contributed by atoms with Crippen molar-refractivity contribution in [2.24, 2.45) is 0 Å². The van der Waals surface area contributed by atoms with Crippen LogP contribution < -0.4 is 0 Å². The number of para-hydroxylation sites is 2. The van der Waals surface area contributed by atoms with Crippen molar-refractivity contribution in [2.45, 2.75) is 0 Å². The van der Waals surface area contributed by atoms with Gasteiger partial charge < -0.3 is 8.83 Å². The third-order valence-electron chi connectivity index (χ3n) is 18.2. The maximum absolute atomic E-state index is 6.99. The van der Waals surface area contributed by atoms with Gasteiger partial charge in [-0.2, -0.15) is 0 Å². The van der Waals surface area contributed by atoms with Crippen molar-refractivity contribution in [3.05, 3.63) is 303 Å². The zero-order valence-electron chi connectivity index (χ0n) is 46.7. The van der Waals surface area contributed by atoms with E-state index >= 15 is 0 Å². The minimum Gasteiger partial charge on any atom is -0.456 e. The number of hydrogen-bond acceptors (Lipinski definition) is 2. The Hall–Kier alpha value is -11.3. The van der Waals surface area contributed by atoms with E-state index in [4.69, 9.17) is 8.83 Å². The maximum atomic E-state index is 6.99.